The van der Waals surface area contributed by atoms with Gasteiger partial charge in [-0.05, 0) is 165 Å². The minimum atomic E-state index is -0.772. The van der Waals surface area contributed by atoms with E-state index in [0.717, 1.165) is 67.2 Å². The second-order valence-electron chi connectivity index (χ2n) is 25.2. The van der Waals surface area contributed by atoms with Crippen LogP contribution in [0.4, 0.5) is 34.1 Å². The zero-order valence-corrected chi connectivity index (χ0v) is 49.1. The highest BCUT2D eigenvalue weighted by molar-refractivity contribution is 6.16. The van der Waals surface area contributed by atoms with Crippen LogP contribution in [0.1, 0.15) is 147 Å². The van der Waals surface area contributed by atoms with Crippen molar-refractivity contribution in [2.45, 2.75) is 108 Å². The van der Waals surface area contributed by atoms with Gasteiger partial charge in [-0.3, -0.25) is 0 Å². The second-order valence-corrected chi connectivity index (χ2v) is 25.2. The van der Waals surface area contributed by atoms with Crippen LogP contribution in [0.2, 0.25) is 0 Å². The number of hydrogen-bond donors (Lipinski definition) is 0. The van der Waals surface area contributed by atoms with Crippen LogP contribution in [0.25, 0.3) is 65.8 Å². The number of nitrogens with zero attached hydrogens (tertiary/aromatic N) is 2. The molecule has 13 aromatic rings. The van der Waals surface area contributed by atoms with Crippen LogP contribution in [-0.4, -0.2) is 0 Å². The molecule has 0 aliphatic heterocycles. The van der Waals surface area contributed by atoms with Gasteiger partial charge in [0.15, 0.2) is 11.2 Å². The van der Waals surface area contributed by atoms with Crippen molar-refractivity contribution in [3.8, 4) is 11.1 Å². The minimum absolute atomic E-state index is 0.383. The molecule has 0 bridgehead atoms. The highest BCUT2D eigenvalue weighted by atomic mass is 16.3. The molecule has 0 radical (unpaired) electrons. The lowest BCUT2D eigenvalue weighted by molar-refractivity contribution is 0.643. The number of fused-ring (bicyclic) bond motifs is 11. The van der Waals surface area contributed by atoms with E-state index >= 15 is 0 Å². The highest BCUT2D eigenvalue weighted by Crippen LogP contribution is 2.61. The van der Waals surface area contributed by atoms with Crippen molar-refractivity contribution < 1.29 is 8.83 Å². The van der Waals surface area contributed by atoms with Crippen molar-refractivity contribution in [1.82, 2.24) is 0 Å². The molecule has 4 heteroatoms. The van der Waals surface area contributed by atoms with Gasteiger partial charge in [0.1, 0.15) is 11.2 Å². The highest BCUT2D eigenvalue weighted by Gasteiger charge is 2.48. The van der Waals surface area contributed by atoms with E-state index in [4.69, 9.17) is 8.83 Å². The monoisotopic (exact) mass is 1100 g/mol. The van der Waals surface area contributed by atoms with Gasteiger partial charge in [0.05, 0.1) is 22.5 Å². The number of benzene rings is 11. The fourth-order valence-electron chi connectivity index (χ4n) is 15.6. The Kier molecular flexibility index (Phi) is 12.5. The number of rotatable bonds is 12. The molecule has 3 aliphatic rings. The predicted molar refractivity (Wildman–Crippen MR) is 356 cm³/mol. The van der Waals surface area contributed by atoms with Crippen LogP contribution < -0.4 is 9.80 Å². The molecule has 2 saturated carbocycles. The summed E-state index contributed by atoms with van der Waals surface area (Å²) in [5.41, 5.74) is 22.1. The minimum Gasteiger partial charge on any atom is -0.454 e. The lowest BCUT2D eigenvalue weighted by Gasteiger charge is -2.36. The number of hydrogen-bond acceptors (Lipinski definition) is 4. The topological polar surface area (TPSA) is 32.8 Å². The molecule has 2 heterocycles. The Labute approximate surface area is 499 Å². The van der Waals surface area contributed by atoms with Crippen LogP contribution >= 0.6 is 0 Å². The van der Waals surface area contributed by atoms with Crippen molar-refractivity contribution >= 4 is 88.8 Å². The number of para-hydroxylation sites is 4. The first-order valence-corrected chi connectivity index (χ1v) is 31.3. The van der Waals surface area contributed by atoms with Gasteiger partial charge in [-0.2, -0.15) is 0 Å². The summed E-state index contributed by atoms with van der Waals surface area (Å²) in [5, 5.41) is 7.02. The standard InChI is InChI=1S/C81H70N2O2/c1-51(2)53-39-43-59(44-40-53)82(73-37-19-35-68-66-33-17-31-62(55-21-11-12-22-55)77(66)84-79(68)73)61-47-48-70-71(49-61)81(57-25-7-5-8-26-57,58-27-9-6-10-28-58)72-50-75(64-29-15-16-30-65(64)76(70)72)83(60-45-41-54(42-46-60)52(3)4)74-38-20-36-69-67-34-18-32-63(56-23-13-14-24-56)78(67)85-80(69)74/h5-10,15-20,25-52,55-56H,11-14,21-24H2,1-4H3. The molecule has 85 heavy (non-hydrogen) atoms. The van der Waals surface area contributed by atoms with E-state index in [9.17, 15) is 0 Å². The average molecular weight is 1100 g/mol. The van der Waals surface area contributed by atoms with Crippen LogP contribution in [0.5, 0.6) is 0 Å². The Bertz CT molecular complexity index is 4630. The molecule has 0 amide bonds. The van der Waals surface area contributed by atoms with Crippen LogP contribution in [0.15, 0.2) is 239 Å². The quantitative estimate of drug-likeness (QED) is 0.122. The van der Waals surface area contributed by atoms with Gasteiger partial charge in [-0.1, -0.05) is 229 Å². The second kappa shape index (κ2) is 20.6. The van der Waals surface area contributed by atoms with E-state index in [1.807, 2.05) is 0 Å². The molecule has 0 atom stereocenters. The summed E-state index contributed by atoms with van der Waals surface area (Å²) in [6.07, 6.45) is 9.89. The summed E-state index contributed by atoms with van der Waals surface area (Å²) in [5.74, 6) is 1.79. The maximum absolute atomic E-state index is 7.39. The number of anilines is 6. The van der Waals surface area contributed by atoms with Crippen LogP contribution in [0.3, 0.4) is 0 Å². The van der Waals surface area contributed by atoms with Gasteiger partial charge < -0.3 is 18.6 Å². The fourth-order valence-corrected chi connectivity index (χ4v) is 15.6. The van der Waals surface area contributed by atoms with Crippen molar-refractivity contribution in [2.24, 2.45) is 0 Å². The first-order valence-electron chi connectivity index (χ1n) is 31.3. The molecule has 0 N–H and O–H groups in total. The Balaban J connectivity index is 0.974. The Morgan fingerprint density at radius 2 is 0.776 bits per heavy atom. The summed E-state index contributed by atoms with van der Waals surface area (Å²) >= 11 is 0. The van der Waals surface area contributed by atoms with Crippen LogP contribution in [-0.2, 0) is 5.41 Å². The van der Waals surface area contributed by atoms with Gasteiger partial charge >= 0.3 is 0 Å². The van der Waals surface area contributed by atoms with Gasteiger partial charge in [-0.15, -0.1) is 0 Å². The fraction of sp³-hybridized carbons (Fsp3) is 0.210. The SMILES string of the molecule is CC(C)c1ccc(N(c2ccc3c(c2)C(c2ccccc2)(c2ccccc2)c2cc(N(c4ccc(C(C)C)cc4)c4cccc5c4oc4c(C6CCCC6)cccc45)c4ccccc4c2-3)c2cccc3c2oc2c(C4CCCC4)cccc23)cc1. The van der Waals surface area contributed by atoms with E-state index in [-0.39, 0.29) is 0 Å². The van der Waals surface area contributed by atoms with E-state index < -0.39 is 5.41 Å². The Morgan fingerprint density at radius 3 is 1.28 bits per heavy atom. The summed E-state index contributed by atoms with van der Waals surface area (Å²) < 4.78 is 14.7. The number of furan rings is 2. The van der Waals surface area contributed by atoms with Crippen molar-refractivity contribution in [3.05, 3.63) is 275 Å². The molecule has 2 aromatic heterocycles. The summed E-state index contributed by atoms with van der Waals surface area (Å²) in [6, 6.07) is 87.3. The Morgan fingerprint density at radius 1 is 0.353 bits per heavy atom. The zero-order chi connectivity index (χ0) is 56.9. The molecule has 16 rings (SSSR count). The molecular weight excluding hydrogens is 1030 g/mol. The van der Waals surface area contributed by atoms with E-state index in [1.54, 1.807) is 0 Å². The first-order chi connectivity index (χ1) is 41.8. The molecule has 0 saturated heterocycles. The average Bonchev–Trinajstić information content (AvgIpc) is 1.67. The summed E-state index contributed by atoms with van der Waals surface area (Å²) in [6.45, 7) is 9.11. The first kappa shape index (κ1) is 51.5. The Hall–Kier alpha value is -9.12. The largest absolute Gasteiger partial charge is 0.454 e. The zero-order valence-electron chi connectivity index (χ0n) is 49.1. The third-order valence-electron chi connectivity index (χ3n) is 19.8. The third kappa shape index (κ3) is 8.15. The van der Waals surface area contributed by atoms with Crippen LogP contribution in [0, 0.1) is 0 Å². The molecule has 0 spiro atoms. The maximum Gasteiger partial charge on any atom is 0.159 e. The lowest BCUT2D eigenvalue weighted by Crippen LogP contribution is -2.29. The maximum atomic E-state index is 7.39. The van der Waals surface area contributed by atoms with Gasteiger partial charge in [0, 0.05) is 44.0 Å². The van der Waals surface area contributed by atoms with Crippen molar-refractivity contribution in [2.75, 3.05) is 9.80 Å². The van der Waals surface area contributed by atoms with Crippen molar-refractivity contribution in [1.29, 1.82) is 0 Å². The van der Waals surface area contributed by atoms with Gasteiger partial charge in [-0.25, -0.2) is 0 Å². The molecule has 416 valence electrons. The normalized spacial score (nSPS) is 15.1. The summed E-state index contributed by atoms with van der Waals surface area (Å²) in [4.78, 5) is 4.97. The van der Waals surface area contributed by atoms with Gasteiger partial charge in [0.2, 0.25) is 0 Å². The molecule has 2 fully saturated rings. The molecular formula is C81H70N2O2. The van der Waals surface area contributed by atoms with Crippen molar-refractivity contribution in [3.63, 3.8) is 0 Å². The van der Waals surface area contributed by atoms with E-state index in [1.165, 1.54) is 129 Å². The van der Waals surface area contributed by atoms with E-state index in [2.05, 4.69) is 268 Å². The molecule has 3 aliphatic carbocycles. The summed E-state index contributed by atoms with van der Waals surface area (Å²) in [7, 11) is 0. The molecule has 11 aromatic carbocycles. The van der Waals surface area contributed by atoms with E-state index in [0.29, 0.717) is 23.7 Å². The third-order valence-corrected chi connectivity index (χ3v) is 19.8. The smallest absolute Gasteiger partial charge is 0.159 e. The molecule has 4 nitrogen and oxygen atoms in total. The van der Waals surface area contributed by atoms with Gasteiger partial charge in [0.25, 0.3) is 0 Å². The lowest BCUT2D eigenvalue weighted by atomic mass is 9.67. The predicted octanol–water partition coefficient (Wildman–Crippen LogP) is 23.5. The molecule has 0 unspecified atom stereocenters.